The zero-order valence-electron chi connectivity index (χ0n) is 21.6. The number of rotatable bonds is 7. The highest BCUT2D eigenvalue weighted by molar-refractivity contribution is 6.06. The maximum atomic E-state index is 14.0. The van der Waals surface area contributed by atoms with E-state index in [0.29, 0.717) is 24.1 Å². The number of carbonyl (C=O) groups excluding carboxylic acids is 3. The van der Waals surface area contributed by atoms with Crippen LogP contribution in [0.25, 0.3) is 10.9 Å². The van der Waals surface area contributed by atoms with Gasteiger partial charge in [0, 0.05) is 23.0 Å². The third-order valence-electron chi connectivity index (χ3n) is 8.30. The van der Waals surface area contributed by atoms with Gasteiger partial charge in [0.05, 0.1) is 23.4 Å². The van der Waals surface area contributed by atoms with Crippen LogP contribution in [0.3, 0.4) is 0 Å². The van der Waals surface area contributed by atoms with E-state index in [2.05, 4.69) is 21.7 Å². The van der Waals surface area contributed by atoms with Crippen LogP contribution in [0.15, 0.2) is 78.9 Å². The monoisotopic (exact) mass is 534 g/mol. The van der Waals surface area contributed by atoms with Crippen LogP contribution in [0.4, 0.5) is 10.1 Å². The van der Waals surface area contributed by atoms with Gasteiger partial charge in [-0.25, -0.2) is 4.39 Å². The van der Waals surface area contributed by atoms with E-state index in [9.17, 15) is 24.0 Å². The lowest BCUT2D eigenvalue weighted by atomic mass is 9.78. The molecule has 8 heteroatoms. The van der Waals surface area contributed by atoms with E-state index in [-0.39, 0.29) is 30.4 Å². The van der Waals surface area contributed by atoms with E-state index in [1.54, 1.807) is 18.2 Å². The zero-order valence-corrected chi connectivity index (χ0v) is 21.6. The topological polar surface area (TPSA) is 115 Å². The Bertz CT molecular complexity index is 1660. The minimum absolute atomic E-state index is 0.0163. The number of aromatic nitrogens is 1. The summed E-state index contributed by atoms with van der Waals surface area (Å²) < 4.78 is 14.0. The number of hydrogen-bond acceptors (Lipinski definition) is 4. The summed E-state index contributed by atoms with van der Waals surface area (Å²) in [5.74, 6) is -2.15. The van der Waals surface area contributed by atoms with Crippen molar-refractivity contribution < 1.29 is 18.8 Å². The second-order valence-corrected chi connectivity index (χ2v) is 10.8. The lowest BCUT2D eigenvalue weighted by molar-refractivity contribution is -0.123. The largest absolute Gasteiger partial charge is 0.351 e. The normalized spacial score (nSPS) is 22.1. The van der Waals surface area contributed by atoms with Gasteiger partial charge in [0.15, 0.2) is 5.78 Å². The molecule has 2 heterocycles. The molecule has 3 aromatic carbocycles. The van der Waals surface area contributed by atoms with Gasteiger partial charge in [-0.3, -0.25) is 14.4 Å². The first kappa shape index (κ1) is 25.5. The summed E-state index contributed by atoms with van der Waals surface area (Å²) in [6.07, 6.45) is 0.812. The number of aromatic amines is 1. The van der Waals surface area contributed by atoms with Gasteiger partial charge in [-0.05, 0) is 66.6 Å². The van der Waals surface area contributed by atoms with Crippen LogP contribution >= 0.6 is 0 Å². The molecule has 2 unspecified atom stereocenters. The fourth-order valence-corrected chi connectivity index (χ4v) is 6.34. The van der Waals surface area contributed by atoms with Gasteiger partial charge in [0.25, 0.3) is 5.91 Å². The van der Waals surface area contributed by atoms with Crippen molar-refractivity contribution in [3.05, 3.63) is 102 Å². The van der Waals surface area contributed by atoms with Crippen LogP contribution in [-0.2, 0) is 21.4 Å². The molecule has 1 saturated carbocycles. The molecule has 0 saturated heterocycles. The second kappa shape index (κ2) is 10.1. The molecule has 1 fully saturated rings. The Hall–Kier alpha value is -4.77. The van der Waals surface area contributed by atoms with E-state index in [1.165, 1.54) is 12.1 Å². The summed E-state index contributed by atoms with van der Waals surface area (Å²) >= 11 is 0. The number of para-hydroxylation sites is 2. The number of Topliss-reactive ketones (excluding diaryl/α,β-unsaturated/α-hetero) is 1. The molecule has 6 rings (SSSR count). The predicted octanol–water partition coefficient (Wildman–Crippen LogP) is 5.05. The van der Waals surface area contributed by atoms with E-state index in [4.69, 9.17) is 0 Å². The van der Waals surface area contributed by atoms with Crippen molar-refractivity contribution in [1.29, 1.82) is 5.26 Å². The molecule has 0 radical (unpaired) electrons. The number of amides is 2. The molecule has 2 aliphatic rings. The Balaban J connectivity index is 1.25. The Kier molecular flexibility index (Phi) is 6.43. The van der Waals surface area contributed by atoms with Crippen LogP contribution in [0, 0.1) is 29.0 Å². The molecular formula is C32H27FN4O3. The first-order valence-electron chi connectivity index (χ1n) is 13.3. The van der Waals surface area contributed by atoms with Gasteiger partial charge in [0.1, 0.15) is 11.5 Å². The lowest BCUT2D eigenvalue weighted by Crippen LogP contribution is -2.43. The van der Waals surface area contributed by atoms with Crippen molar-refractivity contribution in [3.63, 3.8) is 0 Å². The van der Waals surface area contributed by atoms with Crippen molar-refractivity contribution in [1.82, 2.24) is 10.3 Å². The summed E-state index contributed by atoms with van der Waals surface area (Å²) in [5.41, 5.74) is 2.42. The number of halogens is 1. The Morgan fingerprint density at radius 1 is 1.05 bits per heavy atom. The molecule has 3 N–H and O–H groups in total. The van der Waals surface area contributed by atoms with Gasteiger partial charge in [0.2, 0.25) is 5.91 Å². The minimum atomic E-state index is -0.943. The van der Waals surface area contributed by atoms with Crippen molar-refractivity contribution in [3.8, 4) is 6.07 Å². The molecular weight excluding hydrogens is 507 g/mol. The number of ketones is 1. The second-order valence-electron chi connectivity index (χ2n) is 10.8. The standard InChI is InChI=1S/C32H27FN4O3/c33-23-8-5-6-19(12-23)13-27(36-30(39)28-14-20-7-1-3-10-25(20)35-28)29(38)15-21-16-32(17-22(21)18-34)24-9-2-4-11-26(24)37-31(32)40/h1-12,14,21-22,27,35H,13,15-17H2,(H,36,39)(H,37,40)/t21?,22-,27?,32+/m0/s1. The highest BCUT2D eigenvalue weighted by atomic mass is 19.1. The van der Waals surface area contributed by atoms with E-state index >= 15 is 0 Å². The number of nitriles is 1. The van der Waals surface area contributed by atoms with Crippen LogP contribution in [0.5, 0.6) is 0 Å². The summed E-state index contributed by atoms with van der Waals surface area (Å²) in [5, 5.41) is 16.6. The summed E-state index contributed by atoms with van der Waals surface area (Å²) in [6, 6.07) is 24.0. The Morgan fingerprint density at radius 3 is 2.65 bits per heavy atom. The number of H-pyrrole nitrogens is 1. The molecule has 4 aromatic rings. The van der Waals surface area contributed by atoms with Crippen LogP contribution in [0.2, 0.25) is 0 Å². The molecule has 2 amide bonds. The molecule has 0 bridgehead atoms. The minimum Gasteiger partial charge on any atom is -0.351 e. The highest BCUT2D eigenvalue weighted by Crippen LogP contribution is 2.53. The molecule has 1 aliphatic carbocycles. The fraction of sp³-hybridized carbons (Fsp3) is 0.250. The zero-order chi connectivity index (χ0) is 27.9. The number of nitrogens with zero attached hydrogens (tertiary/aromatic N) is 1. The number of benzene rings is 3. The smallest absolute Gasteiger partial charge is 0.268 e. The number of nitrogens with one attached hydrogen (secondary N) is 3. The number of hydrogen-bond donors (Lipinski definition) is 3. The third-order valence-corrected chi connectivity index (χ3v) is 8.30. The van der Waals surface area contributed by atoms with Gasteiger partial charge in [-0.1, -0.05) is 48.5 Å². The van der Waals surface area contributed by atoms with E-state index in [0.717, 1.165) is 22.2 Å². The molecule has 4 atom stereocenters. The first-order chi connectivity index (χ1) is 19.4. The van der Waals surface area contributed by atoms with E-state index in [1.807, 2.05) is 48.5 Å². The van der Waals surface area contributed by atoms with Crippen molar-refractivity contribution in [2.45, 2.75) is 37.1 Å². The highest BCUT2D eigenvalue weighted by Gasteiger charge is 2.55. The molecule has 200 valence electrons. The van der Waals surface area contributed by atoms with Gasteiger partial charge >= 0.3 is 0 Å². The molecule has 7 nitrogen and oxygen atoms in total. The quantitative estimate of drug-likeness (QED) is 0.308. The molecule has 1 aromatic heterocycles. The number of carbonyl (C=O) groups is 3. The van der Waals surface area contributed by atoms with E-state index < -0.39 is 29.1 Å². The maximum absolute atomic E-state index is 14.0. The first-order valence-corrected chi connectivity index (χ1v) is 13.3. The van der Waals surface area contributed by atoms with Gasteiger partial charge in [-0.15, -0.1) is 0 Å². The fourth-order valence-electron chi connectivity index (χ4n) is 6.34. The molecule has 40 heavy (non-hydrogen) atoms. The summed E-state index contributed by atoms with van der Waals surface area (Å²) in [4.78, 5) is 43.3. The predicted molar refractivity (Wildman–Crippen MR) is 148 cm³/mol. The average molecular weight is 535 g/mol. The molecule has 1 spiro atoms. The van der Waals surface area contributed by atoms with Crippen LogP contribution in [0.1, 0.15) is 40.9 Å². The lowest BCUT2D eigenvalue weighted by Gasteiger charge is -2.22. The van der Waals surface area contributed by atoms with Gasteiger partial charge < -0.3 is 15.6 Å². The van der Waals surface area contributed by atoms with Crippen molar-refractivity contribution in [2.75, 3.05) is 5.32 Å². The number of anilines is 1. The van der Waals surface area contributed by atoms with Gasteiger partial charge in [-0.2, -0.15) is 5.26 Å². The van der Waals surface area contributed by atoms with Crippen molar-refractivity contribution >= 4 is 34.2 Å². The molecule has 1 aliphatic heterocycles. The summed E-state index contributed by atoms with van der Waals surface area (Å²) in [7, 11) is 0. The van der Waals surface area contributed by atoms with Crippen LogP contribution in [-0.4, -0.2) is 28.6 Å². The Labute approximate surface area is 230 Å². The number of fused-ring (bicyclic) bond motifs is 3. The third kappa shape index (κ3) is 4.54. The Morgan fingerprint density at radius 2 is 1.85 bits per heavy atom. The van der Waals surface area contributed by atoms with Crippen LogP contribution < -0.4 is 10.6 Å². The maximum Gasteiger partial charge on any atom is 0.268 e. The van der Waals surface area contributed by atoms with Crippen molar-refractivity contribution in [2.24, 2.45) is 11.8 Å². The SMILES string of the molecule is N#C[C@@H]1C[C@@]2(CC1CC(=O)C(Cc1cccc(F)c1)NC(=O)c1cc3ccccc3[nH]1)C(=O)Nc1ccccc12. The average Bonchev–Trinajstić information content (AvgIpc) is 3.62. The summed E-state index contributed by atoms with van der Waals surface area (Å²) in [6.45, 7) is 0.